The molecule has 0 heterocycles. The molecule has 0 saturated heterocycles. The smallest absolute Gasteiger partial charge is 0.434 e. The van der Waals surface area contributed by atoms with Gasteiger partial charge in [0.25, 0.3) is 0 Å². The van der Waals surface area contributed by atoms with Gasteiger partial charge in [-0.15, -0.1) is 0 Å². The van der Waals surface area contributed by atoms with E-state index in [1.165, 1.54) is 0 Å². The van der Waals surface area contributed by atoms with Gasteiger partial charge in [-0.2, -0.15) is 0 Å². The third-order valence-corrected chi connectivity index (χ3v) is 3.44. The molecule has 2 aliphatic rings. The van der Waals surface area contributed by atoms with Crippen LogP contribution in [0.5, 0.6) is 0 Å². The maximum Gasteiger partial charge on any atom is 0.508 e. The van der Waals surface area contributed by atoms with Crippen LogP contribution in [-0.4, -0.2) is 44.4 Å². The molecule has 96 valence electrons. The molecule has 0 amide bonds. The first-order valence-corrected chi connectivity index (χ1v) is 6.31. The van der Waals surface area contributed by atoms with Crippen LogP contribution in [0.4, 0.5) is 4.79 Å². The van der Waals surface area contributed by atoms with E-state index in [1.54, 1.807) is 0 Å². The average Bonchev–Trinajstić information content (AvgIpc) is 2.86. The molecule has 0 aromatic carbocycles. The summed E-state index contributed by atoms with van der Waals surface area (Å²) in [6.45, 7) is 1.36. The SMILES string of the molecule is CN(C)CCCOC(=O)OC1CC2C=CC1C2. The second kappa shape index (κ2) is 5.54. The van der Waals surface area contributed by atoms with E-state index >= 15 is 0 Å². The molecule has 0 spiro atoms. The summed E-state index contributed by atoms with van der Waals surface area (Å²) in [6, 6.07) is 0. The fraction of sp³-hybridized carbons (Fsp3) is 0.769. The number of rotatable bonds is 5. The van der Waals surface area contributed by atoms with Gasteiger partial charge < -0.3 is 14.4 Å². The van der Waals surface area contributed by atoms with Crippen LogP contribution in [0.3, 0.4) is 0 Å². The van der Waals surface area contributed by atoms with Gasteiger partial charge in [-0.1, -0.05) is 12.2 Å². The van der Waals surface area contributed by atoms with Crippen molar-refractivity contribution in [1.82, 2.24) is 4.90 Å². The Morgan fingerprint density at radius 2 is 2.18 bits per heavy atom. The quantitative estimate of drug-likeness (QED) is 0.418. The molecule has 2 aliphatic carbocycles. The number of carbonyl (C=O) groups excluding carboxylic acids is 1. The molecular formula is C13H21NO3. The van der Waals surface area contributed by atoms with E-state index in [0.29, 0.717) is 18.4 Å². The third kappa shape index (κ3) is 3.46. The molecule has 0 N–H and O–H groups in total. The Kier molecular flexibility index (Phi) is 4.05. The zero-order valence-corrected chi connectivity index (χ0v) is 10.6. The van der Waals surface area contributed by atoms with Gasteiger partial charge in [0.1, 0.15) is 6.10 Å². The lowest BCUT2D eigenvalue weighted by Crippen LogP contribution is -2.23. The molecule has 3 unspecified atom stereocenters. The van der Waals surface area contributed by atoms with Gasteiger partial charge in [0.05, 0.1) is 6.61 Å². The fourth-order valence-corrected chi connectivity index (χ4v) is 2.56. The number of carbonyl (C=O) groups is 1. The number of hydrogen-bond donors (Lipinski definition) is 0. The summed E-state index contributed by atoms with van der Waals surface area (Å²) < 4.78 is 10.4. The van der Waals surface area contributed by atoms with Crippen LogP contribution in [0, 0.1) is 11.8 Å². The Balaban J connectivity index is 1.60. The van der Waals surface area contributed by atoms with E-state index in [0.717, 1.165) is 25.8 Å². The monoisotopic (exact) mass is 239 g/mol. The Morgan fingerprint density at radius 3 is 2.76 bits per heavy atom. The van der Waals surface area contributed by atoms with Crippen LogP contribution >= 0.6 is 0 Å². The predicted octanol–water partition coefficient (Wildman–Crippen LogP) is 2.06. The summed E-state index contributed by atoms with van der Waals surface area (Å²) in [5.74, 6) is 1.04. The van der Waals surface area contributed by atoms with Crippen molar-refractivity contribution >= 4 is 6.16 Å². The Hall–Kier alpha value is -1.03. The number of hydrogen-bond acceptors (Lipinski definition) is 4. The first-order chi connectivity index (χ1) is 8.15. The summed E-state index contributed by atoms with van der Waals surface area (Å²) >= 11 is 0. The van der Waals surface area contributed by atoms with Crippen LogP contribution in [0.25, 0.3) is 0 Å². The Bertz CT molecular complexity index is 301. The Morgan fingerprint density at radius 1 is 1.35 bits per heavy atom. The van der Waals surface area contributed by atoms with E-state index in [1.807, 2.05) is 14.1 Å². The first kappa shape index (κ1) is 12.4. The molecule has 0 radical (unpaired) electrons. The van der Waals surface area contributed by atoms with Crippen LogP contribution in [0.2, 0.25) is 0 Å². The minimum Gasteiger partial charge on any atom is -0.434 e. The fourth-order valence-electron chi connectivity index (χ4n) is 2.56. The van der Waals surface area contributed by atoms with Crippen molar-refractivity contribution in [3.63, 3.8) is 0 Å². The molecule has 1 saturated carbocycles. The van der Waals surface area contributed by atoms with Crippen LogP contribution in [0.15, 0.2) is 12.2 Å². The third-order valence-electron chi connectivity index (χ3n) is 3.44. The van der Waals surface area contributed by atoms with Gasteiger partial charge in [-0.3, -0.25) is 0 Å². The van der Waals surface area contributed by atoms with Gasteiger partial charge in [-0.05, 0) is 39.3 Å². The van der Waals surface area contributed by atoms with Crippen molar-refractivity contribution < 1.29 is 14.3 Å². The number of allylic oxidation sites excluding steroid dienone is 1. The van der Waals surface area contributed by atoms with Crippen molar-refractivity contribution in [2.45, 2.75) is 25.4 Å². The van der Waals surface area contributed by atoms with Crippen molar-refractivity contribution in [2.24, 2.45) is 11.8 Å². The lowest BCUT2D eigenvalue weighted by Gasteiger charge is -2.18. The maximum absolute atomic E-state index is 11.4. The minimum absolute atomic E-state index is 0.0475. The lowest BCUT2D eigenvalue weighted by molar-refractivity contribution is 0.0141. The topological polar surface area (TPSA) is 38.8 Å². The molecule has 0 aromatic heterocycles. The molecule has 3 atom stereocenters. The standard InChI is InChI=1S/C13H21NO3/c1-14(2)6-3-7-16-13(15)17-12-9-10-4-5-11(12)8-10/h4-5,10-12H,3,6-9H2,1-2H3. The number of nitrogens with zero attached hydrogens (tertiary/aromatic N) is 1. The highest BCUT2D eigenvalue weighted by molar-refractivity contribution is 5.60. The van der Waals surface area contributed by atoms with E-state index < -0.39 is 6.16 Å². The predicted molar refractivity (Wildman–Crippen MR) is 64.7 cm³/mol. The van der Waals surface area contributed by atoms with E-state index in [2.05, 4.69) is 17.1 Å². The van der Waals surface area contributed by atoms with Gasteiger partial charge in [0.15, 0.2) is 0 Å². The van der Waals surface area contributed by atoms with E-state index in [4.69, 9.17) is 9.47 Å². The van der Waals surface area contributed by atoms with Crippen molar-refractivity contribution in [2.75, 3.05) is 27.2 Å². The largest absolute Gasteiger partial charge is 0.508 e. The molecule has 4 heteroatoms. The number of fused-ring (bicyclic) bond motifs is 2. The van der Waals surface area contributed by atoms with Crippen LogP contribution in [0.1, 0.15) is 19.3 Å². The summed E-state index contributed by atoms with van der Waals surface area (Å²) in [5.41, 5.74) is 0. The average molecular weight is 239 g/mol. The van der Waals surface area contributed by atoms with Gasteiger partial charge in [0.2, 0.25) is 0 Å². The molecule has 4 nitrogen and oxygen atoms in total. The van der Waals surface area contributed by atoms with E-state index in [9.17, 15) is 4.79 Å². The summed E-state index contributed by atoms with van der Waals surface area (Å²) in [6.07, 6.45) is 6.89. The minimum atomic E-state index is -0.505. The molecule has 2 rings (SSSR count). The molecule has 17 heavy (non-hydrogen) atoms. The number of ether oxygens (including phenoxy) is 2. The highest BCUT2D eigenvalue weighted by Gasteiger charge is 2.38. The summed E-state index contributed by atoms with van der Waals surface area (Å²) in [4.78, 5) is 13.5. The van der Waals surface area contributed by atoms with Gasteiger partial charge >= 0.3 is 6.16 Å². The van der Waals surface area contributed by atoms with Gasteiger partial charge in [-0.25, -0.2) is 4.79 Å². The lowest BCUT2D eigenvalue weighted by atomic mass is 10.1. The molecule has 0 aromatic rings. The molecular weight excluding hydrogens is 218 g/mol. The highest BCUT2D eigenvalue weighted by Crippen LogP contribution is 2.40. The second-order valence-electron chi connectivity index (χ2n) is 5.19. The summed E-state index contributed by atoms with van der Waals surface area (Å²) in [7, 11) is 4.00. The molecule has 0 aliphatic heterocycles. The highest BCUT2D eigenvalue weighted by atomic mass is 16.7. The van der Waals surface area contributed by atoms with Crippen molar-refractivity contribution in [3.8, 4) is 0 Å². The zero-order valence-electron chi connectivity index (χ0n) is 10.6. The summed E-state index contributed by atoms with van der Waals surface area (Å²) in [5, 5.41) is 0. The molecule has 2 bridgehead atoms. The first-order valence-electron chi connectivity index (χ1n) is 6.31. The van der Waals surface area contributed by atoms with Crippen LogP contribution < -0.4 is 0 Å². The normalized spacial score (nSPS) is 29.9. The second-order valence-corrected chi connectivity index (χ2v) is 5.19. The van der Waals surface area contributed by atoms with E-state index in [-0.39, 0.29) is 6.10 Å². The van der Waals surface area contributed by atoms with Crippen molar-refractivity contribution in [3.05, 3.63) is 12.2 Å². The van der Waals surface area contributed by atoms with Crippen molar-refractivity contribution in [1.29, 1.82) is 0 Å². The van der Waals surface area contributed by atoms with Crippen LogP contribution in [-0.2, 0) is 9.47 Å². The Labute approximate surface area is 103 Å². The van der Waals surface area contributed by atoms with Gasteiger partial charge in [0, 0.05) is 12.5 Å². The maximum atomic E-state index is 11.4. The zero-order chi connectivity index (χ0) is 12.3. The molecule has 1 fully saturated rings.